The van der Waals surface area contributed by atoms with Gasteiger partial charge in [-0.2, -0.15) is 0 Å². The molecule has 0 aliphatic heterocycles. The summed E-state index contributed by atoms with van der Waals surface area (Å²) >= 11 is 2.88. The third-order valence-corrected chi connectivity index (χ3v) is 5.13. The zero-order valence-electron chi connectivity index (χ0n) is 12.2. The van der Waals surface area contributed by atoms with Gasteiger partial charge in [-0.25, -0.2) is 4.79 Å². The monoisotopic (exact) mass is 347 g/mol. The Hall–Kier alpha value is -2.19. The van der Waals surface area contributed by atoms with E-state index in [2.05, 4.69) is 22.4 Å². The maximum Gasteiger partial charge on any atom is 0.344 e. The number of fused-ring (bicyclic) bond motifs is 1. The first-order valence-corrected chi connectivity index (χ1v) is 8.78. The molecule has 2 aromatic heterocycles. The average molecular weight is 347 g/mol. The lowest BCUT2D eigenvalue weighted by atomic mass is 10.1. The molecular weight excluding hydrogens is 334 g/mol. The van der Waals surface area contributed by atoms with Gasteiger partial charge in [-0.1, -0.05) is 48.2 Å². The Bertz CT molecular complexity index is 904. The van der Waals surface area contributed by atoms with Crippen molar-refractivity contribution < 1.29 is 9.21 Å². The van der Waals surface area contributed by atoms with E-state index in [9.17, 15) is 9.59 Å². The van der Waals surface area contributed by atoms with Crippen LogP contribution in [0.5, 0.6) is 0 Å². The predicted octanol–water partition coefficient (Wildman–Crippen LogP) is 3.40. The summed E-state index contributed by atoms with van der Waals surface area (Å²) in [6, 6.07) is 8.50. The maximum atomic E-state index is 12.2. The van der Waals surface area contributed by atoms with E-state index in [1.165, 1.54) is 11.3 Å². The normalized spacial score (nSPS) is 10.8. The van der Waals surface area contributed by atoms with Crippen LogP contribution in [0.1, 0.15) is 23.9 Å². The number of carbonyl (C=O) groups excluding carboxylic acids is 1. The highest BCUT2D eigenvalue weighted by molar-refractivity contribution is 8.01. The van der Waals surface area contributed by atoms with E-state index < -0.39 is 11.5 Å². The number of hydrogen-bond acceptors (Lipinski definition) is 7. The fourth-order valence-corrected chi connectivity index (χ4v) is 3.59. The molecule has 1 N–H and O–H groups in total. The van der Waals surface area contributed by atoms with Crippen LogP contribution in [0, 0.1) is 0 Å². The van der Waals surface area contributed by atoms with E-state index in [0.29, 0.717) is 15.9 Å². The summed E-state index contributed by atoms with van der Waals surface area (Å²) in [6.07, 6.45) is 1.04. The highest BCUT2D eigenvalue weighted by atomic mass is 32.2. The number of rotatable bonds is 5. The summed E-state index contributed by atoms with van der Waals surface area (Å²) in [5.74, 6) is 0.380. The fourth-order valence-electron chi connectivity index (χ4n) is 1.91. The summed E-state index contributed by atoms with van der Waals surface area (Å²) in [5, 5.41) is 12.0. The van der Waals surface area contributed by atoms with Crippen molar-refractivity contribution >= 4 is 44.9 Å². The van der Waals surface area contributed by atoms with E-state index in [0.717, 1.165) is 16.5 Å². The topological polar surface area (TPSA) is 85.1 Å². The van der Waals surface area contributed by atoms with Crippen LogP contribution in [0.2, 0.25) is 0 Å². The molecule has 23 heavy (non-hydrogen) atoms. The standard InChI is InChI=1S/C15H13N3O3S2/c1-2-7-22-15-18-17-14(23-15)16-12(19)11-8-9-5-3-4-6-10(9)13(20)21-11/h3-6,8H,2,7H2,1H3,(H,16,17,19). The number of hydrogen-bond donors (Lipinski definition) is 1. The van der Waals surface area contributed by atoms with Crippen LogP contribution in [0.3, 0.4) is 0 Å². The molecule has 2 heterocycles. The fraction of sp³-hybridized carbons (Fsp3) is 0.200. The average Bonchev–Trinajstić information content (AvgIpc) is 3.00. The van der Waals surface area contributed by atoms with E-state index in [1.807, 2.05) is 0 Å². The second kappa shape index (κ2) is 6.93. The number of anilines is 1. The molecule has 0 bridgehead atoms. The van der Waals surface area contributed by atoms with Gasteiger partial charge in [0.2, 0.25) is 5.13 Å². The molecule has 0 radical (unpaired) electrons. The third-order valence-electron chi connectivity index (χ3n) is 2.95. The predicted molar refractivity (Wildman–Crippen MR) is 91.4 cm³/mol. The van der Waals surface area contributed by atoms with Crippen molar-refractivity contribution in [3.63, 3.8) is 0 Å². The van der Waals surface area contributed by atoms with Gasteiger partial charge in [0.25, 0.3) is 5.91 Å². The van der Waals surface area contributed by atoms with Crippen LogP contribution in [0.25, 0.3) is 10.8 Å². The van der Waals surface area contributed by atoms with Gasteiger partial charge < -0.3 is 4.42 Å². The second-order valence-corrected chi connectivity index (χ2v) is 6.98. The van der Waals surface area contributed by atoms with Crippen molar-refractivity contribution in [2.45, 2.75) is 17.7 Å². The Morgan fingerprint density at radius 3 is 3.00 bits per heavy atom. The number of nitrogens with one attached hydrogen (secondary N) is 1. The first-order chi connectivity index (χ1) is 11.2. The molecule has 0 spiro atoms. The maximum absolute atomic E-state index is 12.2. The Morgan fingerprint density at radius 2 is 2.17 bits per heavy atom. The minimum absolute atomic E-state index is 0.0494. The number of nitrogens with zero attached hydrogens (tertiary/aromatic N) is 2. The van der Waals surface area contributed by atoms with E-state index in [4.69, 9.17) is 4.42 Å². The highest BCUT2D eigenvalue weighted by Gasteiger charge is 2.14. The Morgan fingerprint density at radius 1 is 1.35 bits per heavy atom. The van der Waals surface area contributed by atoms with E-state index in [1.54, 1.807) is 42.1 Å². The lowest BCUT2D eigenvalue weighted by molar-refractivity contribution is 0.0993. The Kier molecular flexibility index (Phi) is 4.73. The molecule has 8 heteroatoms. The Balaban J connectivity index is 1.80. The largest absolute Gasteiger partial charge is 0.417 e. The summed E-state index contributed by atoms with van der Waals surface area (Å²) in [4.78, 5) is 24.1. The van der Waals surface area contributed by atoms with E-state index >= 15 is 0 Å². The smallest absolute Gasteiger partial charge is 0.344 e. The van der Waals surface area contributed by atoms with Gasteiger partial charge in [0, 0.05) is 5.75 Å². The number of thioether (sulfide) groups is 1. The molecule has 1 aromatic carbocycles. The summed E-state index contributed by atoms with van der Waals surface area (Å²) in [6.45, 7) is 2.08. The molecule has 0 saturated carbocycles. The molecule has 0 saturated heterocycles. The number of carbonyl (C=O) groups is 1. The minimum Gasteiger partial charge on any atom is -0.417 e. The molecule has 3 rings (SSSR count). The molecule has 0 unspecified atom stereocenters. The lowest BCUT2D eigenvalue weighted by Gasteiger charge is -2.01. The van der Waals surface area contributed by atoms with Gasteiger partial charge in [0.15, 0.2) is 10.1 Å². The van der Waals surface area contributed by atoms with Gasteiger partial charge in [-0.05, 0) is 23.9 Å². The van der Waals surface area contributed by atoms with Crippen LogP contribution >= 0.6 is 23.1 Å². The SMILES string of the molecule is CCCSc1nnc(NC(=O)c2cc3ccccc3c(=O)o2)s1. The third kappa shape index (κ3) is 3.59. The zero-order chi connectivity index (χ0) is 16.2. The van der Waals surface area contributed by atoms with Gasteiger partial charge in [-0.3, -0.25) is 10.1 Å². The molecule has 0 fully saturated rings. The lowest BCUT2D eigenvalue weighted by Crippen LogP contribution is -2.14. The van der Waals surface area contributed by atoms with Gasteiger partial charge in [0.05, 0.1) is 5.39 Å². The van der Waals surface area contributed by atoms with E-state index in [-0.39, 0.29) is 5.76 Å². The molecule has 118 valence electrons. The van der Waals surface area contributed by atoms with Crippen molar-refractivity contribution in [1.82, 2.24) is 10.2 Å². The van der Waals surface area contributed by atoms with Crippen molar-refractivity contribution in [2.24, 2.45) is 0 Å². The van der Waals surface area contributed by atoms with Gasteiger partial charge in [-0.15, -0.1) is 10.2 Å². The van der Waals surface area contributed by atoms with Crippen molar-refractivity contribution in [1.29, 1.82) is 0 Å². The van der Waals surface area contributed by atoms with Gasteiger partial charge in [0.1, 0.15) is 0 Å². The summed E-state index contributed by atoms with van der Waals surface area (Å²) in [5.41, 5.74) is -0.537. The molecule has 6 nitrogen and oxygen atoms in total. The quantitative estimate of drug-likeness (QED) is 0.562. The molecule has 3 aromatic rings. The van der Waals surface area contributed by atoms with Crippen LogP contribution < -0.4 is 10.9 Å². The minimum atomic E-state index is -0.537. The number of benzene rings is 1. The zero-order valence-corrected chi connectivity index (χ0v) is 13.9. The van der Waals surface area contributed by atoms with Crippen LogP contribution in [-0.2, 0) is 0 Å². The molecule has 0 atom stereocenters. The molecular formula is C15H13N3O3S2. The molecule has 1 amide bonds. The van der Waals surface area contributed by atoms with Crippen molar-refractivity contribution in [3.8, 4) is 0 Å². The highest BCUT2D eigenvalue weighted by Crippen LogP contribution is 2.26. The Labute approximate surface area is 139 Å². The first kappa shape index (κ1) is 15.7. The number of amides is 1. The van der Waals surface area contributed by atoms with Crippen molar-refractivity contribution in [2.75, 3.05) is 11.1 Å². The molecule has 0 aliphatic carbocycles. The van der Waals surface area contributed by atoms with Crippen LogP contribution in [0.4, 0.5) is 5.13 Å². The van der Waals surface area contributed by atoms with Crippen LogP contribution in [-0.4, -0.2) is 21.9 Å². The first-order valence-electron chi connectivity index (χ1n) is 6.98. The van der Waals surface area contributed by atoms with Crippen LogP contribution in [0.15, 0.2) is 43.9 Å². The molecule has 0 aliphatic rings. The summed E-state index contributed by atoms with van der Waals surface area (Å²) in [7, 11) is 0. The summed E-state index contributed by atoms with van der Waals surface area (Å²) < 4.78 is 5.87. The van der Waals surface area contributed by atoms with Gasteiger partial charge >= 0.3 is 5.63 Å². The number of aromatic nitrogens is 2. The van der Waals surface area contributed by atoms with Crippen molar-refractivity contribution in [3.05, 3.63) is 46.5 Å². The second-order valence-electron chi connectivity index (χ2n) is 4.66.